The van der Waals surface area contributed by atoms with Crippen LogP contribution < -0.4 is 0 Å². The molecule has 0 radical (unpaired) electrons. The fourth-order valence-corrected chi connectivity index (χ4v) is 1.50. The molecule has 1 aliphatic rings. The highest BCUT2D eigenvalue weighted by Gasteiger charge is 2.20. The van der Waals surface area contributed by atoms with Gasteiger partial charge < -0.3 is 4.90 Å². The second-order valence-electron chi connectivity index (χ2n) is 3.07. The van der Waals surface area contributed by atoms with E-state index in [1.807, 2.05) is 16.5 Å². The smallest absolute Gasteiger partial charge is 0.222 e. The number of carbonyl (C=O) groups excluding carboxylic acids is 1. The SMILES string of the molecule is CCC(=O)N1CCn2ncnc2C1. The Balaban J connectivity index is 2.13. The van der Waals surface area contributed by atoms with E-state index in [9.17, 15) is 4.79 Å². The van der Waals surface area contributed by atoms with E-state index in [1.54, 1.807) is 0 Å². The molecule has 1 amide bonds. The minimum atomic E-state index is 0.189. The van der Waals surface area contributed by atoms with Crippen molar-refractivity contribution in [1.29, 1.82) is 0 Å². The van der Waals surface area contributed by atoms with Crippen molar-refractivity contribution in [2.24, 2.45) is 0 Å². The highest BCUT2D eigenvalue weighted by atomic mass is 16.2. The molecule has 0 fully saturated rings. The van der Waals surface area contributed by atoms with Crippen LogP contribution in [0.2, 0.25) is 0 Å². The molecule has 0 aromatic carbocycles. The van der Waals surface area contributed by atoms with Crippen molar-refractivity contribution in [2.75, 3.05) is 6.54 Å². The summed E-state index contributed by atoms with van der Waals surface area (Å²) in [4.78, 5) is 17.3. The van der Waals surface area contributed by atoms with Crippen molar-refractivity contribution in [3.8, 4) is 0 Å². The van der Waals surface area contributed by atoms with Gasteiger partial charge >= 0.3 is 0 Å². The number of aromatic nitrogens is 3. The van der Waals surface area contributed by atoms with Gasteiger partial charge in [-0.2, -0.15) is 5.10 Å². The van der Waals surface area contributed by atoms with Crippen molar-refractivity contribution in [3.05, 3.63) is 12.2 Å². The Morgan fingerprint density at radius 2 is 2.46 bits per heavy atom. The molecular formula is C8H12N4O. The van der Waals surface area contributed by atoms with Crippen LogP contribution in [0, 0.1) is 0 Å². The predicted octanol–water partition coefficient (Wildman–Crippen LogP) is 0.0303. The summed E-state index contributed by atoms with van der Waals surface area (Å²) in [5.74, 6) is 1.07. The zero-order valence-corrected chi connectivity index (χ0v) is 7.60. The fourth-order valence-electron chi connectivity index (χ4n) is 1.50. The molecule has 0 bridgehead atoms. The van der Waals surface area contributed by atoms with Gasteiger partial charge in [0.25, 0.3) is 0 Å². The van der Waals surface area contributed by atoms with E-state index in [0.717, 1.165) is 18.9 Å². The van der Waals surface area contributed by atoms with Gasteiger partial charge in [-0.15, -0.1) is 0 Å². The number of hydrogen-bond acceptors (Lipinski definition) is 3. The molecule has 70 valence electrons. The fraction of sp³-hybridized carbons (Fsp3) is 0.625. The maximum Gasteiger partial charge on any atom is 0.222 e. The number of rotatable bonds is 1. The second-order valence-corrected chi connectivity index (χ2v) is 3.07. The molecule has 0 aliphatic carbocycles. The van der Waals surface area contributed by atoms with Gasteiger partial charge in [-0.3, -0.25) is 4.79 Å². The maximum atomic E-state index is 11.4. The molecule has 0 N–H and O–H groups in total. The summed E-state index contributed by atoms with van der Waals surface area (Å²) in [7, 11) is 0. The third-order valence-electron chi connectivity index (χ3n) is 2.26. The van der Waals surface area contributed by atoms with Crippen molar-refractivity contribution < 1.29 is 4.79 Å². The monoisotopic (exact) mass is 180 g/mol. The first kappa shape index (κ1) is 8.22. The molecular weight excluding hydrogens is 168 g/mol. The molecule has 13 heavy (non-hydrogen) atoms. The van der Waals surface area contributed by atoms with Crippen molar-refractivity contribution >= 4 is 5.91 Å². The average Bonchev–Trinajstić information content (AvgIpc) is 2.63. The average molecular weight is 180 g/mol. The third-order valence-corrected chi connectivity index (χ3v) is 2.26. The Kier molecular flexibility index (Phi) is 2.00. The normalized spacial score (nSPS) is 15.6. The van der Waals surface area contributed by atoms with Gasteiger partial charge in [-0.05, 0) is 0 Å². The first-order valence-electron chi connectivity index (χ1n) is 4.45. The lowest BCUT2D eigenvalue weighted by Crippen LogP contribution is -2.38. The zero-order chi connectivity index (χ0) is 9.26. The van der Waals surface area contributed by atoms with Crippen molar-refractivity contribution in [3.63, 3.8) is 0 Å². The van der Waals surface area contributed by atoms with Crippen LogP contribution in [0.15, 0.2) is 6.33 Å². The molecule has 0 atom stereocenters. The van der Waals surface area contributed by atoms with Crippen LogP contribution in [-0.4, -0.2) is 32.1 Å². The van der Waals surface area contributed by atoms with Crippen LogP contribution in [0.1, 0.15) is 19.2 Å². The van der Waals surface area contributed by atoms with Crippen LogP contribution in [0.5, 0.6) is 0 Å². The van der Waals surface area contributed by atoms with E-state index in [1.165, 1.54) is 6.33 Å². The summed E-state index contributed by atoms with van der Waals surface area (Å²) in [5.41, 5.74) is 0. The molecule has 0 spiro atoms. The van der Waals surface area contributed by atoms with Gasteiger partial charge in [0.15, 0.2) is 0 Å². The Bertz CT molecular complexity index is 320. The first-order chi connectivity index (χ1) is 6.31. The summed E-state index contributed by atoms with van der Waals surface area (Å²) >= 11 is 0. The second kappa shape index (κ2) is 3.16. The summed E-state index contributed by atoms with van der Waals surface area (Å²) < 4.78 is 1.85. The van der Waals surface area contributed by atoms with Crippen molar-refractivity contribution in [2.45, 2.75) is 26.4 Å². The van der Waals surface area contributed by atoms with Crippen LogP contribution in [-0.2, 0) is 17.9 Å². The summed E-state index contributed by atoms with van der Waals surface area (Å²) in [6.07, 6.45) is 2.10. The van der Waals surface area contributed by atoms with Gasteiger partial charge in [0, 0.05) is 13.0 Å². The third kappa shape index (κ3) is 1.41. The topological polar surface area (TPSA) is 51.0 Å². The van der Waals surface area contributed by atoms with Gasteiger partial charge in [-0.25, -0.2) is 9.67 Å². The Morgan fingerprint density at radius 1 is 1.62 bits per heavy atom. The zero-order valence-electron chi connectivity index (χ0n) is 7.60. The lowest BCUT2D eigenvalue weighted by Gasteiger charge is -2.26. The van der Waals surface area contributed by atoms with E-state index in [-0.39, 0.29) is 5.91 Å². The van der Waals surface area contributed by atoms with Crippen LogP contribution in [0.4, 0.5) is 0 Å². The number of nitrogens with zero attached hydrogens (tertiary/aromatic N) is 4. The largest absolute Gasteiger partial charge is 0.333 e. The molecule has 2 heterocycles. The maximum absolute atomic E-state index is 11.4. The lowest BCUT2D eigenvalue weighted by molar-refractivity contribution is -0.132. The minimum absolute atomic E-state index is 0.189. The van der Waals surface area contributed by atoms with Gasteiger partial charge in [0.1, 0.15) is 12.2 Å². The van der Waals surface area contributed by atoms with Crippen LogP contribution in [0.3, 0.4) is 0 Å². The summed E-state index contributed by atoms with van der Waals surface area (Å²) in [5, 5.41) is 4.04. The van der Waals surface area contributed by atoms with Gasteiger partial charge in [0.2, 0.25) is 5.91 Å². The molecule has 0 unspecified atom stereocenters. The Labute approximate surface area is 76.4 Å². The van der Waals surface area contributed by atoms with E-state index in [2.05, 4.69) is 10.1 Å². The molecule has 5 heteroatoms. The number of carbonyl (C=O) groups is 1. The molecule has 0 saturated heterocycles. The van der Waals surface area contributed by atoms with Crippen LogP contribution >= 0.6 is 0 Å². The van der Waals surface area contributed by atoms with E-state index >= 15 is 0 Å². The first-order valence-corrected chi connectivity index (χ1v) is 4.45. The molecule has 0 saturated carbocycles. The standard InChI is InChI=1S/C8H12N4O/c1-2-8(13)11-3-4-12-7(5-11)9-6-10-12/h6H,2-5H2,1H3. The molecule has 2 rings (SSSR count). The van der Waals surface area contributed by atoms with E-state index < -0.39 is 0 Å². The van der Waals surface area contributed by atoms with E-state index in [4.69, 9.17) is 0 Å². The van der Waals surface area contributed by atoms with Gasteiger partial charge in [0.05, 0.1) is 13.1 Å². The number of hydrogen-bond donors (Lipinski definition) is 0. The summed E-state index contributed by atoms with van der Waals surface area (Å²) in [6.45, 7) is 4.00. The van der Waals surface area contributed by atoms with Crippen molar-refractivity contribution in [1.82, 2.24) is 19.7 Å². The highest BCUT2D eigenvalue weighted by Crippen LogP contribution is 2.08. The molecule has 1 aromatic heterocycles. The van der Waals surface area contributed by atoms with E-state index in [0.29, 0.717) is 13.0 Å². The Hall–Kier alpha value is -1.39. The summed E-state index contributed by atoms with van der Waals surface area (Å²) in [6, 6.07) is 0. The highest BCUT2D eigenvalue weighted by molar-refractivity contribution is 5.75. The number of amides is 1. The molecule has 1 aliphatic heterocycles. The molecule has 5 nitrogen and oxygen atoms in total. The minimum Gasteiger partial charge on any atom is -0.333 e. The quantitative estimate of drug-likeness (QED) is 0.612. The lowest BCUT2D eigenvalue weighted by atomic mass is 10.3. The molecule has 1 aromatic rings. The van der Waals surface area contributed by atoms with Gasteiger partial charge in [-0.1, -0.05) is 6.92 Å². The predicted molar refractivity (Wildman–Crippen MR) is 45.7 cm³/mol. The number of fused-ring (bicyclic) bond motifs is 1. The van der Waals surface area contributed by atoms with Crippen LogP contribution in [0.25, 0.3) is 0 Å². The Morgan fingerprint density at radius 3 is 3.23 bits per heavy atom.